The zero-order chi connectivity index (χ0) is 25.9. The molecular formula is C29H38ClNO4. The fourth-order valence-electron chi connectivity index (χ4n) is 5.87. The summed E-state index contributed by atoms with van der Waals surface area (Å²) < 4.78 is 11.9. The Bertz CT molecular complexity index is 1090. The van der Waals surface area contributed by atoms with Gasteiger partial charge in [0.25, 0.3) is 0 Å². The molecule has 1 aliphatic heterocycles. The van der Waals surface area contributed by atoms with Gasteiger partial charge in [-0.1, -0.05) is 39.3 Å². The van der Waals surface area contributed by atoms with Gasteiger partial charge in [-0.15, -0.1) is 0 Å². The van der Waals surface area contributed by atoms with Crippen molar-refractivity contribution in [2.75, 3.05) is 13.7 Å². The van der Waals surface area contributed by atoms with Gasteiger partial charge in [0.1, 0.15) is 0 Å². The second-order valence-electron chi connectivity index (χ2n) is 12.0. The quantitative estimate of drug-likeness (QED) is 0.443. The second kappa shape index (κ2) is 8.99. The lowest BCUT2D eigenvalue weighted by molar-refractivity contribution is -0.119. The van der Waals surface area contributed by atoms with Crippen molar-refractivity contribution in [1.82, 2.24) is 4.90 Å². The summed E-state index contributed by atoms with van der Waals surface area (Å²) in [7, 11) is 2.02. The summed E-state index contributed by atoms with van der Waals surface area (Å²) in [6.07, 6.45) is 2.41. The van der Waals surface area contributed by atoms with E-state index in [0.29, 0.717) is 36.0 Å². The van der Waals surface area contributed by atoms with E-state index >= 15 is 0 Å². The zero-order valence-corrected chi connectivity index (χ0v) is 23.1. The summed E-state index contributed by atoms with van der Waals surface area (Å²) in [5.74, 6) is 0.797. The van der Waals surface area contributed by atoms with Crippen LogP contribution in [0.15, 0.2) is 34.7 Å². The summed E-state index contributed by atoms with van der Waals surface area (Å²) >= 11 is 6.76. The first kappa shape index (κ1) is 25.8. The molecule has 5 nitrogen and oxygen atoms in total. The molecule has 0 saturated carbocycles. The molecule has 2 aliphatic carbocycles. The number of Topliss-reactive ketones (excluding diaryl/α,β-unsaturated/α-hetero) is 2. The maximum absolute atomic E-state index is 13.7. The summed E-state index contributed by atoms with van der Waals surface area (Å²) in [5.41, 5.74) is 4.05. The smallest absolute Gasteiger partial charge is 0.180 e. The third-order valence-electron chi connectivity index (χ3n) is 7.20. The molecular weight excluding hydrogens is 462 g/mol. The first-order valence-corrected chi connectivity index (χ1v) is 13.0. The van der Waals surface area contributed by atoms with E-state index in [1.807, 2.05) is 40.0 Å². The van der Waals surface area contributed by atoms with E-state index in [1.165, 1.54) is 0 Å². The van der Waals surface area contributed by atoms with Gasteiger partial charge in [-0.05, 0) is 62.1 Å². The molecule has 0 spiro atoms. The topological polar surface area (TPSA) is 55.8 Å². The van der Waals surface area contributed by atoms with E-state index in [4.69, 9.17) is 21.1 Å². The fourth-order valence-corrected chi connectivity index (χ4v) is 6.13. The Morgan fingerprint density at radius 3 is 1.94 bits per heavy atom. The van der Waals surface area contributed by atoms with Crippen LogP contribution in [-0.2, 0) is 9.59 Å². The van der Waals surface area contributed by atoms with Crippen molar-refractivity contribution in [2.45, 2.75) is 86.2 Å². The van der Waals surface area contributed by atoms with Crippen LogP contribution in [0.1, 0.15) is 85.6 Å². The highest BCUT2D eigenvalue weighted by molar-refractivity contribution is 6.32. The van der Waals surface area contributed by atoms with Crippen molar-refractivity contribution in [3.05, 3.63) is 45.3 Å². The Morgan fingerprint density at radius 1 is 0.971 bits per heavy atom. The number of ether oxygens (including phenoxy) is 2. The minimum atomic E-state index is -0.451. The number of halogens is 1. The van der Waals surface area contributed by atoms with E-state index in [-0.39, 0.29) is 28.5 Å². The molecule has 4 rings (SSSR count). The number of hydrogen-bond donors (Lipinski definition) is 0. The number of nitrogens with zero attached hydrogens (tertiary/aromatic N) is 1. The standard InChI is InChI=1S/C29H38ClNO4/c1-9-34-23-11-17(10-18(30)27(23)35-16(2)3)24-25-19(12-28(4,5)14-21(25)32)31(8)20-13-29(6,7)15-22(33)26(20)24/h10-11,16,24H,9,12-15H2,1-8H3. The SMILES string of the molecule is CCOc1cc(C2C3=C(CC(C)(C)CC3=O)N(C)C3=C2C(=O)CC(C)(C)C3)cc(Cl)c1OC(C)C. The summed E-state index contributed by atoms with van der Waals surface area (Å²) in [6, 6.07) is 3.77. The summed E-state index contributed by atoms with van der Waals surface area (Å²) in [4.78, 5) is 29.5. The first-order valence-electron chi connectivity index (χ1n) is 12.6. The van der Waals surface area contributed by atoms with Crippen molar-refractivity contribution in [2.24, 2.45) is 10.8 Å². The highest BCUT2D eigenvalue weighted by atomic mass is 35.5. The van der Waals surface area contributed by atoms with E-state index < -0.39 is 5.92 Å². The molecule has 0 unspecified atom stereocenters. The Balaban J connectivity index is 1.97. The number of carbonyl (C=O) groups is 2. The van der Waals surface area contributed by atoms with Gasteiger partial charge in [0, 0.05) is 48.3 Å². The van der Waals surface area contributed by atoms with Crippen molar-refractivity contribution in [3.8, 4) is 11.5 Å². The molecule has 0 aromatic heterocycles. The van der Waals surface area contributed by atoms with Gasteiger partial charge in [-0.25, -0.2) is 0 Å². The van der Waals surface area contributed by atoms with E-state index in [2.05, 4.69) is 32.6 Å². The van der Waals surface area contributed by atoms with Crippen LogP contribution in [0.2, 0.25) is 5.02 Å². The second-order valence-corrected chi connectivity index (χ2v) is 12.4. The summed E-state index contributed by atoms with van der Waals surface area (Å²) in [6.45, 7) is 14.8. The van der Waals surface area contributed by atoms with Gasteiger partial charge >= 0.3 is 0 Å². The molecule has 0 atom stereocenters. The molecule has 1 heterocycles. The average molecular weight is 500 g/mol. The minimum absolute atomic E-state index is 0.0752. The molecule has 1 aromatic rings. The van der Waals surface area contributed by atoms with Gasteiger partial charge in [0.05, 0.1) is 17.7 Å². The van der Waals surface area contributed by atoms with Gasteiger partial charge in [0.15, 0.2) is 23.1 Å². The minimum Gasteiger partial charge on any atom is -0.490 e. The number of ketones is 2. The van der Waals surface area contributed by atoms with Crippen LogP contribution in [0, 0.1) is 10.8 Å². The highest BCUT2D eigenvalue weighted by Crippen LogP contribution is 2.55. The maximum Gasteiger partial charge on any atom is 0.180 e. The molecule has 6 heteroatoms. The van der Waals surface area contributed by atoms with Gasteiger partial charge in [-0.3, -0.25) is 9.59 Å². The van der Waals surface area contributed by atoms with Gasteiger partial charge in [-0.2, -0.15) is 0 Å². The Hall–Kier alpha value is -2.27. The van der Waals surface area contributed by atoms with Crippen molar-refractivity contribution >= 4 is 23.2 Å². The molecule has 0 N–H and O–H groups in total. The molecule has 0 radical (unpaired) electrons. The fraction of sp³-hybridized carbons (Fsp3) is 0.586. The van der Waals surface area contributed by atoms with Crippen LogP contribution in [0.4, 0.5) is 0 Å². The van der Waals surface area contributed by atoms with Crippen LogP contribution in [0.5, 0.6) is 11.5 Å². The lowest BCUT2D eigenvalue weighted by Crippen LogP contribution is -2.43. The Labute approximate surface area is 214 Å². The monoisotopic (exact) mass is 499 g/mol. The molecule has 0 fully saturated rings. The summed E-state index contributed by atoms with van der Waals surface area (Å²) in [5, 5.41) is 0.426. The van der Waals surface area contributed by atoms with Crippen molar-refractivity contribution in [3.63, 3.8) is 0 Å². The number of rotatable bonds is 5. The Kier molecular flexibility index (Phi) is 6.63. The van der Waals surface area contributed by atoms with Crippen LogP contribution in [0.3, 0.4) is 0 Å². The predicted molar refractivity (Wildman–Crippen MR) is 139 cm³/mol. The van der Waals surface area contributed by atoms with Crippen LogP contribution < -0.4 is 9.47 Å². The number of carbonyl (C=O) groups excluding carboxylic acids is 2. The number of hydrogen-bond acceptors (Lipinski definition) is 5. The van der Waals surface area contributed by atoms with E-state index in [9.17, 15) is 9.59 Å². The van der Waals surface area contributed by atoms with Crippen LogP contribution in [0.25, 0.3) is 0 Å². The highest BCUT2D eigenvalue weighted by Gasteiger charge is 2.48. The van der Waals surface area contributed by atoms with Crippen molar-refractivity contribution in [1.29, 1.82) is 0 Å². The predicted octanol–water partition coefficient (Wildman–Crippen LogP) is 6.84. The largest absolute Gasteiger partial charge is 0.490 e. The van der Waals surface area contributed by atoms with Crippen LogP contribution >= 0.6 is 11.6 Å². The molecule has 0 bridgehead atoms. The lowest BCUT2D eigenvalue weighted by atomic mass is 9.63. The zero-order valence-electron chi connectivity index (χ0n) is 22.3. The molecule has 1 aromatic carbocycles. The molecule has 35 heavy (non-hydrogen) atoms. The molecule has 190 valence electrons. The molecule has 0 amide bonds. The van der Waals surface area contributed by atoms with E-state index in [0.717, 1.165) is 40.9 Å². The molecule has 3 aliphatic rings. The van der Waals surface area contributed by atoms with Crippen molar-refractivity contribution < 1.29 is 19.1 Å². The number of benzene rings is 1. The average Bonchev–Trinajstić information content (AvgIpc) is 2.70. The maximum atomic E-state index is 13.7. The van der Waals surface area contributed by atoms with E-state index in [1.54, 1.807) is 0 Å². The lowest BCUT2D eigenvalue weighted by Gasteiger charge is -2.48. The van der Waals surface area contributed by atoms with Crippen LogP contribution in [-0.4, -0.2) is 36.2 Å². The number of allylic oxidation sites excluding steroid dienone is 4. The third kappa shape index (κ3) is 4.76. The Morgan fingerprint density at radius 2 is 1.49 bits per heavy atom. The van der Waals surface area contributed by atoms with Gasteiger partial charge in [0.2, 0.25) is 0 Å². The van der Waals surface area contributed by atoms with Gasteiger partial charge < -0.3 is 14.4 Å². The normalized spacial score (nSPS) is 21.9. The molecule has 0 saturated heterocycles. The first-order chi connectivity index (χ1) is 16.2. The third-order valence-corrected chi connectivity index (χ3v) is 7.48.